The van der Waals surface area contributed by atoms with Gasteiger partial charge in [0.2, 0.25) is 0 Å². The molecule has 1 aliphatic heterocycles. The highest BCUT2D eigenvalue weighted by atomic mass is 32.1. The van der Waals surface area contributed by atoms with E-state index in [1.54, 1.807) is 30.5 Å². The summed E-state index contributed by atoms with van der Waals surface area (Å²) < 4.78 is 24.3. The average molecular weight is 689 g/mol. The maximum absolute atomic E-state index is 14.2. The number of carbonyl (C=O) groups is 2. The van der Waals surface area contributed by atoms with Gasteiger partial charge in [0.25, 0.3) is 5.56 Å². The summed E-state index contributed by atoms with van der Waals surface area (Å²) in [5.74, 6) is 0.452. The predicted octanol–water partition coefficient (Wildman–Crippen LogP) is 6.09. The maximum atomic E-state index is 14.2. The van der Waals surface area contributed by atoms with Crippen molar-refractivity contribution in [3.05, 3.63) is 156 Å². The zero-order valence-corrected chi connectivity index (χ0v) is 28.8. The minimum Gasteiger partial charge on any atom is -0.494 e. The first kappa shape index (κ1) is 34.1. The van der Waals surface area contributed by atoms with E-state index in [4.69, 9.17) is 23.9 Å². The summed E-state index contributed by atoms with van der Waals surface area (Å²) in [6.07, 6.45) is 1.81. The van der Waals surface area contributed by atoms with Gasteiger partial charge in [-0.15, -0.1) is 0 Å². The Morgan fingerprint density at radius 3 is 2.06 bits per heavy atom. The van der Waals surface area contributed by atoms with Gasteiger partial charge in [-0.25, -0.2) is 14.6 Å². The van der Waals surface area contributed by atoms with Crippen molar-refractivity contribution < 1.29 is 28.5 Å². The van der Waals surface area contributed by atoms with Crippen molar-refractivity contribution in [2.45, 2.75) is 33.4 Å². The lowest BCUT2D eigenvalue weighted by Crippen LogP contribution is -2.40. The first-order valence-corrected chi connectivity index (χ1v) is 17.2. The van der Waals surface area contributed by atoms with Gasteiger partial charge in [-0.2, -0.15) is 0 Å². The average Bonchev–Trinajstić information content (AvgIpc) is 3.45. The summed E-state index contributed by atoms with van der Waals surface area (Å²) in [5.41, 5.74) is 4.15. The van der Waals surface area contributed by atoms with Gasteiger partial charge < -0.3 is 18.9 Å². The summed E-state index contributed by atoms with van der Waals surface area (Å²) in [4.78, 5) is 45.2. The molecule has 5 aromatic rings. The molecule has 50 heavy (non-hydrogen) atoms. The number of hydrogen-bond acceptors (Lipinski definition) is 9. The van der Waals surface area contributed by atoms with Crippen LogP contribution in [0.15, 0.2) is 118 Å². The molecule has 0 saturated carbocycles. The Labute approximate surface area is 293 Å². The Hall–Kier alpha value is -5.74. The molecular formula is C40H36N2O7S. The van der Waals surface area contributed by atoms with Crippen molar-refractivity contribution in [2.24, 2.45) is 4.99 Å². The van der Waals surface area contributed by atoms with Gasteiger partial charge in [0.05, 0.1) is 47.2 Å². The molecule has 10 heteroatoms. The van der Waals surface area contributed by atoms with Crippen LogP contribution in [-0.2, 0) is 20.9 Å². The van der Waals surface area contributed by atoms with Gasteiger partial charge in [-0.3, -0.25) is 9.36 Å². The molecular weight excluding hydrogens is 653 g/mol. The van der Waals surface area contributed by atoms with Crippen LogP contribution in [0.4, 0.5) is 0 Å². The fourth-order valence-electron chi connectivity index (χ4n) is 5.60. The number of carbonyl (C=O) groups excluding carboxylic acids is 2. The van der Waals surface area contributed by atoms with Crippen molar-refractivity contribution in [1.82, 2.24) is 4.57 Å². The molecule has 0 unspecified atom stereocenters. The number of esters is 2. The summed E-state index contributed by atoms with van der Waals surface area (Å²) in [5, 5.41) is 0. The minimum atomic E-state index is -0.777. The maximum Gasteiger partial charge on any atom is 0.338 e. The van der Waals surface area contributed by atoms with Gasteiger partial charge in [0, 0.05) is 5.56 Å². The van der Waals surface area contributed by atoms with Crippen LogP contribution in [0.3, 0.4) is 0 Å². The van der Waals surface area contributed by atoms with Crippen LogP contribution in [0.5, 0.6) is 11.5 Å². The Morgan fingerprint density at radius 2 is 1.40 bits per heavy atom. The quantitative estimate of drug-likeness (QED) is 0.146. The molecule has 254 valence electrons. The molecule has 9 nitrogen and oxygen atoms in total. The zero-order chi connectivity index (χ0) is 35.0. The molecule has 0 fully saturated rings. The summed E-state index contributed by atoms with van der Waals surface area (Å²) in [7, 11) is 0. The van der Waals surface area contributed by atoms with Gasteiger partial charge in [0.15, 0.2) is 4.80 Å². The monoisotopic (exact) mass is 688 g/mol. The van der Waals surface area contributed by atoms with E-state index in [2.05, 4.69) is 0 Å². The van der Waals surface area contributed by atoms with Gasteiger partial charge in [-0.1, -0.05) is 78.1 Å². The minimum absolute atomic E-state index is 0.173. The molecule has 1 atom stereocenters. The normalized spacial score (nSPS) is 14.1. The second-order valence-electron chi connectivity index (χ2n) is 11.2. The highest BCUT2D eigenvalue weighted by molar-refractivity contribution is 7.07. The SMILES string of the molecule is CCOC(=O)C1=C(c2ccccc2)N=c2s/c(=C\c3ccc(OCc4ccc(C(=O)OCC)cc4)cc3)c(=O)n2[C@H]1c1ccc(OCC)cc1. The lowest BCUT2D eigenvalue weighted by Gasteiger charge is -2.26. The molecule has 4 aromatic carbocycles. The molecule has 0 saturated heterocycles. The van der Waals surface area contributed by atoms with Crippen molar-refractivity contribution in [2.75, 3.05) is 19.8 Å². The Kier molecular flexibility index (Phi) is 10.7. The van der Waals surface area contributed by atoms with E-state index in [9.17, 15) is 14.4 Å². The number of rotatable bonds is 12. The van der Waals surface area contributed by atoms with E-state index in [0.29, 0.717) is 51.9 Å². The van der Waals surface area contributed by atoms with Crippen molar-refractivity contribution in [3.63, 3.8) is 0 Å². The third-order valence-electron chi connectivity index (χ3n) is 7.93. The van der Waals surface area contributed by atoms with Crippen molar-refractivity contribution in [1.29, 1.82) is 0 Å². The highest BCUT2D eigenvalue weighted by Gasteiger charge is 2.35. The predicted molar refractivity (Wildman–Crippen MR) is 192 cm³/mol. The number of ether oxygens (including phenoxy) is 4. The standard InChI is InChI=1S/C40H36N2O7S/c1-4-46-31-22-18-29(19-23-31)36-34(39(45)48-6-3)35(28-10-8-7-9-11-28)41-40-42(36)37(43)33(50-40)24-26-14-20-32(21-15-26)49-25-27-12-16-30(17-13-27)38(44)47-5-2/h7-24,36H,4-6,25H2,1-3H3/b33-24-/t36-/m0/s1. The van der Waals surface area contributed by atoms with E-state index in [1.165, 1.54) is 11.3 Å². The molecule has 0 amide bonds. The number of benzene rings is 4. The number of fused-ring (bicyclic) bond motifs is 1. The summed E-state index contributed by atoms with van der Waals surface area (Å²) >= 11 is 1.26. The Balaban J connectivity index is 1.34. The third kappa shape index (κ3) is 7.45. The molecule has 0 bridgehead atoms. The smallest absolute Gasteiger partial charge is 0.338 e. The highest BCUT2D eigenvalue weighted by Crippen LogP contribution is 2.35. The van der Waals surface area contributed by atoms with Crippen LogP contribution < -0.4 is 24.4 Å². The number of hydrogen-bond donors (Lipinski definition) is 0. The first-order valence-electron chi connectivity index (χ1n) is 16.4. The number of thiazole rings is 1. The van der Waals surface area contributed by atoms with Gasteiger partial charge in [0.1, 0.15) is 18.1 Å². The second-order valence-corrected chi connectivity index (χ2v) is 12.2. The van der Waals surface area contributed by atoms with Crippen LogP contribution in [0.1, 0.15) is 59.4 Å². The number of nitrogens with zero attached hydrogens (tertiary/aromatic N) is 2. The lowest BCUT2D eigenvalue weighted by atomic mass is 9.93. The third-order valence-corrected chi connectivity index (χ3v) is 8.91. The molecule has 0 aliphatic carbocycles. The molecule has 0 spiro atoms. The van der Waals surface area contributed by atoms with E-state index >= 15 is 0 Å². The van der Waals surface area contributed by atoms with E-state index in [0.717, 1.165) is 22.3 Å². The first-order chi connectivity index (χ1) is 24.4. The van der Waals surface area contributed by atoms with Gasteiger partial charge in [-0.05, 0) is 79.9 Å². The molecule has 2 heterocycles. The van der Waals surface area contributed by atoms with Gasteiger partial charge >= 0.3 is 11.9 Å². The van der Waals surface area contributed by atoms with Crippen LogP contribution in [0.25, 0.3) is 11.8 Å². The zero-order valence-electron chi connectivity index (χ0n) is 28.0. The van der Waals surface area contributed by atoms with Crippen molar-refractivity contribution >= 4 is 35.0 Å². The fourth-order valence-corrected chi connectivity index (χ4v) is 6.60. The van der Waals surface area contributed by atoms with E-state index < -0.39 is 12.0 Å². The topological polar surface area (TPSA) is 105 Å². The Bertz CT molecular complexity index is 2190. The second kappa shape index (κ2) is 15.7. The molecule has 1 aliphatic rings. The summed E-state index contributed by atoms with van der Waals surface area (Å²) in [6, 6.07) is 30.6. The van der Waals surface area contributed by atoms with E-state index in [1.807, 2.05) is 104 Å². The fraction of sp³-hybridized carbons (Fsp3) is 0.200. The lowest BCUT2D eigenvalue weighted by molar-refractivity contribution is -0.138. The summed E-state index contributed by atoms with van der Waals surface area (Å²) in [6.45, 7) is 6.77. The molecule has 6 rings (SSSR count). The molecule has 1 aromatic heterocycles. The molecule has 0 radical (unpaired) electrons. The largest absolute Gasteiger partial charge is 0.494 e. The van der Waals surface area contributed by atoms with Crippen LogP contribution in [-0.4, -0.2) is 36.3 Å². The van der Waals surface area contributed by atoms with Crippen molar-refractivity contribution in [3.8, 4) is 11.5 Å². The van der Waals surface area contributed by atoms with Crippen LogP contribution in [0.2, 0.25) is 0 Å². The number of aromatic nitrogens is 1. The van der Waals surface area contributed by atoms with E-state index in [-0.39, 0.29) is 23.7 Å². The van der Waals surface area contributed by atoms with Crippen LogP contribution in [0, 0.1) is 0 Å². The van der Waals surface area contributed by atoms with Crippen LogP contribution >= 0.6 is 11.3 Å². The Morgan fingerprint density at radius 1 is 0.760 bits per heavy atom. The molecule has 0 N–H and O–H groups in total.